The van der Waals surface area contributed by atoms with Crippen molar-refractivity contribution in [2.24, 2.45) is 11.8 Å². The minimum absolute atomic E-state index is 0.110. The van der Waals surface area contributed by atoms with Crippen LogP contribution in [0.2, 0.25) is 0 Å². The third-order valence-corrected chi connectivity index (χ3v) is 8.87. The van der Waals surface area contributed by atoms with Crippen molar-refractivity contribution < 1.29 is 9.47 Å². The lowest BCUT2D eigenvalue weighted by Crippen LogP contribution is -2.50. The third kappa shape index (κ3) is 5.64. The zero-order valence-electron chi connectivity index (χ0n) is 25.0. The number of hydrogen-bond donors (Lipinski definition) is 0. The molecule has 2 heterocycles. The lowest BCUT2D eigenvalue weighted by atomic mass is 9.76. The number of fused-ring (bicyclic) bond motifs is 4. The largest absolute Gasteiger partial charge is 0.485 e. The molecule has 3 aromatic rings. The predicted octanol–water partition coefficient (Wildman–Crippen LogP) is 9.37. The molecule has 3 aromatic carbocycles. The minimum Gasteiger partial charge on any atom is -0.485 e. The maximum atomic E-state index is 7.12. The van der Waals surface area contributed by atoms with E-state index in [1.165, 1.54) is 22.3 Å². The molecule has 0 radical (unpaired) electrons. The number of ether oxygens (including phenoxy) is 2. The van der Waals surface area contributed by atoms with Crippen LogP contribution in [-0.4, -0.2) is 11.7 Å². The van der Waals surface area contributed by atoms with Crippen molar-refractivity contribution >= 4 is 11.8 Å². The van der Waals surface area contributed by atoms with Crippen molar-refractivity contribution in [3.8, 4) is 5.75 Å². The molecular formula is C40H39NO2. The van der Waals surface area contributed by atoms with Gasteiger partial charge in [-0.05, 0) is 65.8 Å². The molecule has 3 nitrogen and oxygen atoms in total. The molecule has 0 amide bonds. The normalized spacial score (nSPS) is 22.9. The Morgan fingerprint density at radius 3 is 2.30 bits per heavy atom. The Morgan fingerprint density at radius 2 is 1.58 bits per heavy atom. The van der Waals surface area contributed by atoms with E-state index in [0.29, 0.717) is 5.92 Å². The summed E-state index contributed by atoms with van der Waals surface area (Å²) in [5, 5.41) is 0. The second-order valence-corrected chi connectivity index (χ2v) is 12.4. The summed E-state index contributed by atoms with van der Waals surface area (Å²) in [4.78, 5) is 2.43. The molecule has 0 bridgehead atoms. The first-order valence-electron chi connectivity index (χ1n) is 15.6. The zero-order valence-corrected chi connectivity index (χ0v) is 25.0. The summed E-state index contributed by atoms with van der Waals surface area (Å²) in [6.45, 7) is 6.17. The molecule has 3 unspecified atom stereocenters. The fraction of sp³-hybridized carbons (Fsp3) is 0.250. The average molecular weight is 566 g/mol. The molecule has 0 fully saturated rings. The van der Waals surface area contributed by atoms with E-state index in [9.17, 15) is 0 Å². The van der Waals surface area contributed by atoms with E-state index in [1.807, 2.05) is 0 Å². The van der Waals surface area contributed by atoms with Crippen LogP contribution in [0.4, 0.5) is 5.69 Å². The van der Waals surface area contributed by atoms with Gasteiger partial charge < -0.3 is 14.4 Å². The summed E-state index contributed by atoms with van der Waals surface area (Å²) in [5.41, 5.74) is 6.61. The van der Waals surface area contributed by atoms with Crippen molar-refractivity contribution in [1.82, 2.24) is 0 Å². The highest BCUT2D eigenvalue weighted by atomic mass is 16.6. The fourth-order valence-corrected chi connectivity index (χ4v) is 6.53. The lowest BCUT2D eigenvalue weighted by Gasteiger charge is -2.45. The maximum Gasteiger partial charge on any atom is 0.183 e. The molecule has 3 heteroatoms. The number of anilines is 1. The monoisotopic (exact) mass is 565 g/mol. The van der Waals surface area contributed by atoms with Gasteiger partial charge in [0.1, 0.15) is 17.6 Å². The van der Waals surface area contributed by atoms with Crippen LogP contribution in [0.5, 0.6) is 5.75 Å². The van der Waals surface area contributed by atoms with Gasteiger partial charge >= 0.3 is 0 Å². The first-order valence-corrected chi connectivity index (χ1v) is 15.6. The Kier molecular flexibility index (Phi) is 7.40. The molecule has 7 rings (SSSR count). The van der Waals surface area contributed by atoms with E-state index in [0.717, 1.165) is 48.7 Å². The molecule has 216 valence electrons. The summed E-state index contributed by atoms with van der Waals surface area (Å²) in [6.07, 6.45) is 21.7. The van der Waals surface area contributed by atoms with Gasteiger partial charge in [-0.1, -0.05) is 111 Å². The molecule has 2 aliphatic carbocycles. The standard InChI is InChI=1S/C40H39NO2/c1-29(2)17-22-39-40(26-36-35-16-10-9-15-32(35)19-21-37(36)42-39)24-23-33-18-20-34(25-38(33)43-40)41(27-30-11-5-3-6-12-30)28-31-13-7-4-8-14-31/h3-16,18-21,23-26,29,35,39H,17,22,27-28H2,1-2H3. The first-order chi connectivity index (χ1) is 21.1. The fourth-order valence-electron chi connectivity index (χ4n) is 6.53. The number of hydrogen-bond acceptors (Lipinski definition) is 3. The predicted molar refractivity (Wildman–Crippen MR) is 177 cm³/mol. The number of rotatable bonds is 8. The summed E-state index contributed by atoms with van der Waals surface area (Å²) in [7, 11) is 0. The Bertz CT molecular complexity index is 1620. The van der Waals surface area contributed by atoms with E-state index in [2.05, 4.69) is 152 Å². The second-order valence-electron chi connectivity index (χ2n) is 12.4. The van der Waals surface area contributed by atoms with E-state index >= 15 is 0 Å². The van der Waals surface area contributed by atoms with Crippen LogP contribution in [0.3, 0.4) is 0 Å². The molecule has 2 aliphatic heterocycles. The highest BCUT2D eigenvalue weighted by Gasteiger charge is 2.46. The molecule has 0 saturated carbocycles. The van der Waals surface area contributed by atoms with Crippen LogP contribution in [0.15, 0.2) is 144 Å². The van der Waals surface area contributed by atoms with Gasteiger partial charge in [-0.25, -0.2) is 0 Å². The van der Waals surface area contributed by atoms with Gasteiger partial charge in [0.15, 0.2) is 5.60 Å². The second kappa shape index (κ2) is 11.6. The third-order valence-electron chi connectivity index (χ3n) is 8.87. The number of allylic oxidation sites excluding steroid dienone is 8. The molecule has 0 saturated heterocycles. The Morgan fingerprint density at radius 1 is 0.837 bits per heavy atom. The summed E-state index contributed by atoms with van der Waals surface area (Å²) >= 11 is 0. The first kappa shape index (κ1) is 27.3. The Labute approximate surface area is 255 Å². The Balaban J connectivity index is 1.25. The molecular weight excluding hydrogens is 526 g/mol. The van der Waals surface area contributed by atoms with Crippen molar-refractivity contribution in [3.63, 3.8) is 0 Å². The van der Waals surface area contributed by atoms with Crippen LogP contribution in [0.25, 0.3) is 6.08 Å². The molecule has 4 aliphatic rings. The van der Waals surface area contributed by atoms with Gasteiger partial charge in [0.2, 0.25) is 0 Å². The van der Waals surface area contributed by atoms with Crippen LogP contribution in [0.1, 0.15) is 43.4 Å². The average Bonchev–Trinajstić information content (AvgIpc) is 3.04. The van der Waals surface area contributed by atoms with E-state index in [1.54, 1.807) is 0 Å². The quantitative estimate of drug-likeness (QED) is 0.272. The van der Waals surface area contributed by atoms with Gasteiger partial charge in [0.05, 0.1) is 0 Å². The molecule has 1 spiro atoms. The summed E-state index contributed by atoms with van der Waals surface area (Å²) in [5.74, 6) is 2.64. The van der Waals surface area contributed by atoms with Gasteiger partial charge in [0, 0.05) is 41.9 Å². The van der Waals surface area contributed by atoms with E-state index in [4.69, 9.17) is 9.47 Å². The zero-order chi connectivity index (χ0) is 29.2. The van der Waals surface area contributed by atoms with Crippen molar-refractivity contribution in [3.05, 3.63) is 161 Å². The van der Waals surface area contributed by atoms with E-state index < -0.39 is 5.60 Å². The maximum absolute atomic E-state index is 7.12. The highest BCUT2D eigenvalue weighted by Crippen LogP contribution is 2.47. The van der Waals surface area contributed by atoms with Crippen LogP contribution >= 0.6 is 0 Å². The molecule has 43 heavy (non-hydrogen) atoms. The van der Waals surface area contributed by atoms with Gasteiger partial charge in [-0.15, -0.1) is 0 Å². The van der Waals surface area contributed by atoms with Crippen LogP contribution in [0, 0.1) is 11.8 Å². The minimum atomic E-state index is -0.672. The Hall–Kier alpha value is -4.50. The van der Waals surface area contributed by atoms with Gasteiger partial charge in [0.25, 0.3) is 0 Å². The highest BCUT2D eigenvalue weighted by molar-refractivity contribution is 5.68. The van der Waals surface area contributed by atoms with Crippen LogP contribution in [-0.2, 0) is 17.8 Å². The smallest absolute Gasteiger partial charge is 0.183 e. The topological polar surface area (TPSA) is 21.7 Å². The number of nitrogens with zero attached hydrogens (tertiary/aromatic N) is 1. The summed E-state index contributed by atoms with van der Waals surface area (Å²) < 4.78 is 14.0. The van der Waals surface area contributed by atoms with E-state index in [-0.39, 0.29) is 12.0 Å². The summed E-state index contributed by atoms with van der Waals surface area (Å²) in [6, 6.07) is 28.0. The van der Waals surface area contributed by atoms with Gasteiger partial charge in [-0.3, -0.25) is 0 Å². The number of benzene rings is 3. The van der Waals surface area contributed by atoms with Crippen molar-refractivity contribution in [2.75, 3.05) is 4.90 Å². The van der Waals surface area contributed by atoms with Crippen molar-refractivity contribution in [2.45, 2.75) is 51.5 Å². The van der Waals surface area contributed by atoms with Crippen molar-refractivity contribution in [1.29, 1.82) is 0 Å². The molecule has 3 atom stereocenters. The van der Waals surface area contributed by atoms with Gasteiger partial charge in [-0.2, -0.15) is 0 Å². The van der Waals surface area contributed by atoms with Crippen LogP contribution < -0.4 is 9.64 Å². The SMILES string of the molecule is CC(C)CCC1OC2=CC=C3C=CC=CC3C2=CC12C=Cc1ccc(N(Cc3ccccc3)Cc3ccccc3)cc1O2. The lowest BCUT2D eigenvalue weighted by molar-refractivity contribution is -0.0274. The molecule has 0 N–H and O–H groups in total. The molecule has 0 aromatic heterocycles.